The number of rotatable bonds is 4. The second-order valence-corrected chi connectivity index (χ2v) is 3.17. The van der Waals surface area contributed by atoms with Gasteiger partial charge >= 0.3 is 0 Å². The van der Waals surface area contributed by atoms with Crippen LogP contribution in [0.2, 0.25) is 0 Å². The van der Waals surface area contributed by atoms with Crippen molar-refractivity contribution in [1.82, 2.24) is 9.78 Å². The van der Waals surface area contributed by atoms with E-state index >= 15 is 0 Å². The first-order valence-electron chi connectivity index (χ1n) is 4.67. The molecular weight excluding hydrogens is 164 g/mol. The molecule has 72 valence electrons. The van der Waals surface area contributed by atoms with Crippen LogP contribution in [0.3, 0.4) is 0 Å². The van der Waals surface area contributed by atoms with Crippen LogP contribution < -0.4 is 0 Å². The summed E-state index contributed by atoms with van der Waals surface area (Å²) in [6.45, 7) is 7.03. The molecule has 0 unspecified atom stereocenters. The van der Waals surface area contributed by atoms with Crippen molar-refractivity contribution in [2.75, 3.05) is 0 Å². The number of aldehydes is 1. The molecule has 1 heterocycles. The van der Waals surface area contributed by atoms with Crippen molar-refractivity contribution in [3.05, 3.63) is 17.0 Å². The lowest BCUT2D eigenvalue weighted by Gasteiger charge is -2.00. The Morgan fingerprint density at radius 1 is 1.46 bits per heavy atom. The third kappa shape index (κ3) is 1.97. The molecule has 0 aromatic carbocycles. The Morgan fingerprint density at radius 3 is 2.62 bits per heavy atom. The van der Waals surface area contributed by atoms with Crippen LogP contribution in [-0.4, -0.2) is 16.1 Å². The zero-order valence-electron chi connectivity index (χ0n) is 8.50. The molecule has 3 nitrogen and oxygen atoms in total. The van der Waals surface area contributed by atoms with E-state index in [0.29, 0.717) is 6.42 Å². The molecule has 0 bridgehead atoms. The van der Waals surface area contributed by atoms with Crippen molar-refractivity contribution in [3.8, 4) is 0 Å². The van der Waals surface area contributed by atoms with Gasteiger partial charge in [-0.25, -0.2) is 0 Å². The molecule has 0 aliphatic heterocycles. The van der Waals surface area contributed by atoms with E-state index in [0.717, 1.165) is 24.9 Å². The van der Waals surface area contributed by atoms with E-state index in [9.17, 15) is 4.79 Å². The van der Waals surface area contributed by atoms with Crippen LogP contribution >= 0.6 is 0 Å². The second-order valence-electron chi connectivity index (χ2n) is 3.17. The SMILES string of the molecule is CCn1nc(C)c(CCC=O)c1C. The zero-order chi connectivity index (χ0) is 9.84. The molecule has 0 aliphatic carbocycles. The van der Waals surface area contributed by atoms with Crippen molar-refractivity contribution < 1.29 is 4.79 Å². The molecule has 0 N–H and O–H groups in total. The molecule has 0 atom stereocenters. The third-order valence-corrected chi connectivity index (χ3v) is 2.34. The van der Waals surface area contributed by atoms with E-state index in [1.807, 2.05) is 11.6 Å². The maximum absolute atomic E-state index is 10.2. The highest BCUT2D eigenvalue weighted by Gasteiger charge is 2.09. The minimum Gasteiger partial charge on any atom is -0.303 e. The maximum Gasteiger partial charge on any atom is 0.120 e. The van der Waals surface area contributed by atoms with Gasteiger partial charge in [-0.15, -0.1) is 0 Å². The highest BCUT2D eigenvalue weighted by molar-refractivity contribution is 5.50. The van der Waals surface area contributed by atoms with Crippen molar-refractivity contribution >= 4 is 6.29 Å². The molecule has 13 heavy (non-hydrogen) atoms. The number of hydrogen-bond acceptors (Lipinski definition) is 2. The van der Waals surface area contributed by atoms with Crippen LogP contribution in [0.15, 0.2) is 0 Å². The van der Waals surface area contributed by atoms with Crippen LogP contribution in [0.5, 0.6) is 0 Å². The summed E-state index contributed by atoms with van der Waals surface area (Å²) in [5.74, 6) is 0. The fraction of sp³-hybridized carbons (Fsp3) is 0.600. The van der Waals surface area contributed by atoms with Crippen LogP contribution in [-0.2, 0) is 17.8 Å². The predicted octanol–water partition coefficient (Wildman–Crippen LogP) is 1.65. The lowest BCUT2D eigenvalue weighted by Crippen LogP contribution is -1.99. The quantitative estimate of drug-likeness (QED) is 0.660. The number of carbonyl (C=O) groups excluding carboxylic acids is 1. The molecule has 0 fully saturated rings. The Bertz CT molecular complexity index is 302. The van der Waals surface area contributed by atoms with Crippen molar-refractivity contribution in [2.24, 2.45) is 0 Å². The first-order valence-corrected chi connectivity index (χ1v) is 4.67. The summed E-state index contributed by atoms with van der Waals surface area (Å²) in [5, 5.41) is 4.38. The molecule has 0 aliphatic rings. The summed E-state index contributed by atoms with van der Waals surface area (Å²) < 4.78 is 1.98. The molecule has 0 saturated carbocycles. The lowest BCUT2D eigenvalue weighted by atomic mass is 10.1. The summed E-state index contributed by atoms with van der Waals surface area (Å²) in [7, 11) is 0. The third-order valence-electron chi connectivity index (χ3n) is 2.34. The largest absolute Gasteiger partial charge is 0.303 e. The van der Waals surface area contributed by atoms with E-state index < -0.39 is 0 Å². The zero-order valence-corrected chi connectivity index (χ0v) is 8.50. The Labute approximate surface area is 78.8 Å². The Hall–Kier alpha value is -1.12. The van der Waals surface area contributed by atoms with Crippen LogP contribution in [0.1, 0.15) is 30.3 Å². The molecule has 0 amide bonds. The minimum atomic E-state index is 0.594. The van der Waals surface area contributed by atoms with E-state index in [-0.39, 0.29) is 0 Å². The van der Waals surface area contributed by atoms with Crippen molar-refractivity contribution in [3.63, 3.8) is 0 Å². The Morgan fingerprint density at radius 2 is 2.15 bits per heavy atom. The van der Waals surface area contributed by atoms with Crippen molar-refractivity contribution in [1.29, 1.82) is 0 Å². The number of aryl methyl sites for hydroxylation is 2. The summed E-state index contributed by atoms with van der Waals surface area (Å²) in [4.78, 5) is 10.2. The van der Waals surface area contributed by atoms with Gasteiger partial charge in [0, 0.05) is 18.7 Å². The van der Waals surface area contributed by atoms with Gasteiger partial charge in [0.1, 0.15) is 6.29 Å². The van der Waals surface area contributed by atoms with Gasteiger partial charge in [-0.05, 0) is 32.8 Å². The molecule has 0 radical (unpaired) electrons. The van der Waals surface area contributed by atoms with Gasteiger partial charge in [-0.2, -0.15) is 5.10 Å². The highest BCUT2D eigenvalue weighted by Crippen LogP contribution is 2.14. The summed E-state index contributed by atoms with van der Waals surface area (Å²) >= 11 is 0. The molecule has 0 spiro atoms. The first-order chi connectivity index (χ1) is 6.20. The van der Waals surface area contributed by atoms with E-state index in [1.165, 1.54) is 11.3 Å². The van der Waals surface area contributed by atoms with Gasteiger partial charge in [0.15, 0.2) is 0 Å². The number of hydrogen-bond donors (Lipinski definition) is 0. The topological polar surface area (TPSA) is 34.9 Å². The normalized spacial score (nSPS) is 10.4. The molecule has 0 saturated heterocycles. The smallest absolute Gasteiger partial charge is 0.120 e. The van der Waals surface area contributed by atoms with Gasteiger partial charge in [-0.1, -0.05) is 0 Å². The monoisotopic (exact) mass is 180 g/mol. The second kappa shape index (κ2) is 4.21. The number of carbonyl (C=O) groups is 1. The lowest BCUT2D eigenvalue weighted by molar-refractivity contribution is -0.107. The fourth-order valence-corrected chi connectivity index (χ4v) is 1.61. The first kappa shape index (κ1) is 9.96. The Balaban J connectivity index is 2.91. The number of aromatic nitrogens is 2. The van der Waals surface area contributed by atoms with Crippen LogP contribution in [0, 0.1) is 13.8 Å². The van der Waals surface area contributed by atoms with Gasteiger partial charge in [0.25, 0.3) is 0 Å². The maximum atomic E-state index is 10.2. The van der Waals surface area contributed by atoms with E-state index in [1.54, 1.807) is 0 Å². The number of nitrogens with zero attached hydrogens (tertiary/aromatic N) is 2. The van der Waals surface area contributed by atoms with Crippen LogP contribution in [0.25, 0.3) is 0 Å². The molecule has 3 heteroatoms. The summed E-state index contributed by atoms with van der Waals surface area (Å²) in [6.07, 6.45) is 2.38. The standard InChI is InChI=1S/C10H16N2O/c1-4-12-9(3)10(6-5-7-13)8(2)11-12/h7H,4-6H2,1-3H3. The van der Waals surface area contributed by atoms with Gasteiger partial charge in [-0.3, -0.25) is 4.68 Å². The average molecular weight is 180 g/mol. The minimum absolute atomic E-state index is 0.594. The molecular formula is C10H16N2O. The van der Waals surface area contributed by atoms with Gasteiger partial charge in [0.05, 0.1) is 5.69 Å². The molecule has 1 aromatic heterocycles. The summed E-state index contributed by atoms with van der Waals surface area (Å²) in [5.41, 5.74) is 3.48. The van der Waals surface area contributed by atoms with Gasteiger partial charge in [0.2, 0.25) is 0 Å². The van der Waals surface area contributed by atoms with E-state index in [2.05, 4.69) is 18.9 Å². The Kier molecular flexibility index (Phi) is 3.23. The average Bonchev–Trinajstić information content (AvgIpc) is 2.39. The van der Waals surface area contributed by atoms with Crippen molar-refractivity contribution in [2.45, 2.75) is 40.2 Å². The van der Waals surface area contributed by atoms with Gasteiger partial charge < -0.3 is 4.79 Å². The fourth-order valence-electron chi connectivity index (χ4n) is 1.61. The predicted molar refractivity (Wildman–Crippen MR) is 51.8 cm³/mol. The van der Waals surface area contributed by atoms with E-state index in [4.69, 9.17) is 0 Å². The van der Waals surface area contributed by atoms with Crippen LogP contribution in [0.4, 0.5) is 0 Å². The summed E-state index contributed by atoms with van der Waals surface area (Å²) in [6, 6.07) is 0. The molecule has 1 rings (SSSR count). The molecule has 1 aromatic rings. The highest BCUT2D eigenvalue weighted by atomic mass is 16.1.